The van der Waals surface area contributed by atoms with E-state index in [0.29, 0.717) is 21.3 Å². The van der Waals surface area contributed by atoms with E-state index in [1.54, 1.807) is 25.3 Å². The Labute approximate surface area is 145 Å². The van der Waals surface area contributed by atoms with Gasteiger partial charge in [-0.25, -0.2) is 0 Å². The lowest BCUT2D eigenvalue weighted by Crippen LogP contribution is -2.10. The number of halogens is 2. The highest BCUT2D eigenvalue weighted by molar-refractivity contribution is 9.10. The van der Waals surface area contributed by atoms with Crippen molar-refractivity contribution in [3.8, 4) is 5.75 Å². The molecule has 1 amide bonds. The molecule has 112 valence electrons. The van der Waals surface area contributed by atoms with Crippen LogP contribution in [0.5, 0.6) is 5.75 Å². The normalized spacial score (nSPS) is 10.7. The summed E-state index contributed by atoms with van der Waals surface area (Å²) in [5.74, 6) is 0.487. The minimum absolute atomic E-state index is 0.219. The van der Waals surface area contributed by atoms with Gasteiger partial charge in [-0.05, 0) is 40.2 Å². The minimum atomic E-state index is -0.219. The molecule has 2 aromatic carbocycles. The van der Waals surface area contributed by atoms with Gasteiger partial charge in [0.25, 0.3) is 5.91 Å². The largest absolute Gasteiger partial charge is 0.496 e. The van der Waals surface area contributed by atoms with Crippen LogP contribution in [0.15, 0.2) is 46.9 Å². The SMILES string of the molecule is COc1ccc(NC(=O)c2sc3ccccc3c2Cl)cc1Br. The van der Waals surface area contributed by atoms with Crippen LogP contribution in [0.25, 0.3) is 10.1 Å². The lowest BCUT2D eigenvalue weighted by Gasteiger charge is -2.07. The molecule has 3 rings (SSSR count). The van der Waals surface area contributed by atoms with Crippen molar-refractivity contribution in [1.82, 2.24) is 0 Å². The Morgan fingerprint density at radius 2 is 2.05 bits per heavy atom. The van der Waals surface area contributed by atoms with E-state index < -0.39 is 0 Å². The Hall–Kier alpha value is -1.56. The number of amides is 1. The molecular weight excluding hydrogens is 386 g/mol. The molecule has 0 aliphatic carbocycles. The summed E-state index contributed by atoms with van der Waals surface area (Å²) < 4.78 is 6.94. The first-order chi connectivity index (χ1) is 10.6. The van der Waals surface area contributed by atoms with Gasteiger partial charge in [0.1, 0.15) is 10.6 Å². The quantitative estimate of drug-likeness (QED) is 0.628. The van der Waals surface area contributed by atoms with Crippen molar-refractivity contribution in [1.29, 1.82) is 0 Å². The number of hydrogen-bond acceptors (Lipinski definition) is 3. The predicted octanol–water partition coefficient (Wildman–Crippen LogP) is 5.58. The smallest absolute Gasteiger partial charge is 0.267 e. The summed E-state index contributed by atoms with van der Waals surface area (Å²) >= 11 is 11.1. The van der Waals surface area contributed by atoms with E-state index in [2.05, 4.69) is 21.2 Å². The molecule has 6 heteroatoms. The van der Waals surface area contributed by atoms with Gasteiger partial charge in [0.05, 0.1) is 16.6 Å². The van der Waals surface area contributed by atoms with E-state index >= 15 is 0 Å². The first-order valence-corrected chi connectivity index (χ1v) is 8.41. The molecule has 1 N–H and O–H groups in total. The van der Waals surface area contributed by atoms with Crippen LogP contribution in [-0.4, -0.2) is 13.0 Å². The van der Waals surface area contributed by atoms with Crippen LogP contribution in [0, 0.1) is 0 Å². The van der Waals surface area contributed by atoms with E-state index in [9.17, 15) is 4.79 Å². The van der Waals surface area contributed by atoms with Gasteiger partial charge in [0.15, 0.2) is 0 Å². The summed E-state index contributed by atoms with van der Waals surface area (Å²) in [6.45, 7) is 0. The number of carbonyl (C=O) groups is 1. The number of carbonyl (C=O) groups excluding carboxylic acids is 1. The molecule has 3 aromatic rings. The molecule has 0 atom stereocenters. The molecule has 1 heterocycles. The van der Waals surface area contributed by atoms with Gasteiger partial charge in [-0.1, -0.05) is 29.8 Å². The van der Waals surface area contributed by atoms with Crippen LogP contribution in [0.4, 0.5) is 5.69 Å². The van der Waals surface area contributed by atoms with Crippen LogP contribution in [0.1, 0.15) is 9.67 Å². The zero-order valence-electron chi connectivity index (χ0n) is 11.5. The highest BCUT2D eigenvalue weighted by atomic mass is 79.9. The van der Waals surface area contributed by atoms with Gasteiger partial charge >= 0.3 is 0 Å². The molecule has 0 aliphatic heterocycles. The van der Waals surface area contributed by atoms with Crippen molar-refractivity contribution >= 4 is 60.5 Å². The molecule has 1 aromatic heterocycles. The van der Waals surface area contributed by atoms with Gasteiger partial charge < -0.3 is 10.1 Å². The lowest BCUT2D eigenvalue weighted by atomic mass is 10.2. The third-order valence-electron chi connectivity index (χ3n) is 3.15. The van der Waals surface area contributed by atoms with Gasteiger partial charge in [-0.2, -0.15) is 0 Å². The van der Waals surface area contributed by atoms with Gasteiger partial charge in [-0.3, -0.25) is 4.79 Å². The summed E-state index contributed by atoms with van der Waals surface area (Å²) in [5, 5.41) is 4.24. The maximum absolute atomic E-state index is 12.4. The average Bonchev–Trinajstić information content (AvgIpc) is 2.85. The van der Waals surface area contributed by atoms with Crippen molar-refractivity contribution in [2.24, 2.45) is 0 Å². The van der Waals surface area contributed by atoms with E-state index in [4.69, 9.17) is 16.3 Å². The fraction of sp³-hybridized carbons (Fsp3) is 0.0625. The third-order valence-corrected chi connectivity index (χ3v) is 5.44. The zero-order valence-corrected chi connectivity index (χ0v) is 14.7. The topological polar surface area (TPSA) is 38.3 Å². The number of thiophene rings is 1. The van der Waals surface area contributed by atoms with Crippen LogP contribution in [0.3, 0.4) is 0 Å². The van der Waals surface area contributed by atoms with E-state index in [-0.39, 0.29) is 5.91 Å². The maximum Gasteiger partial charge on any atom is 0.267 e. The van der Waals surface area contributed by atoms with E-state index in [1.165, 1.54) is 11.3 Å². The van der Waals surface area contributed by atoms with Crippen LogP contribution in [0.2, 0.25) is 5.02 Å². The number of benzene rings is 2. The van der Waals surface area contributed by atoms with Crippen molar-refractivity contribution < 1.29 is 9.53 Å². The van der Waals surface area contributed by atoms with E-state index in [0.717, 1.165) is 14.6 Å². The molecule has 0 fully saturated rings. The number of methoxy groups -OCH3 is 1. The first-order valence-electron chi connectivity index (χ1n) is 6.42. The Morgan fingerprint density at radius 1 is 1.27 bits per heavy atom. The summed E-state index contributed by atoms with van der Waals surface area (Å²) in [5.41, 5.74) is 0.672. The Morgan fingerprint density at radius 3 is 2.73 bits per heavy atom. The molecule has 0 aliphatic rings. The van der Waals surface area contributed by atoms with Gasteiger partial charge in [0, 0.05) is 15.8 Å². The van der Waals surface area contributed by atoms with Crippen molar-refractivity contribution in [3.63, 3.8) is 0 Å². The Kier molecular flexibility index (Phi) is 4.38. The molecule has 3 nitrogen and oxygen atoms in total. The monoisotopic (exact) mass is 395 g/mol. The maximum atomic E-state index is 12.4. The number of rotatable bonds is 3. The van der Waals surface area contributed by atoms with Crippen molar-refractivity contribution in [2.75, 3.05) is 12.4 Å². The molecular formula is C16H11BrClNO2S. The standard InChI is InChI=1S/C16H11BrClNO2S/c1-21-12-7-6-9(8-11(12)17)19-16(20)15-14(18)10-4-2-3-5-13(10)22-15/h2-8H,1H3,(H,19,20). The molecule has 0 saturated carbocycles. The molecule has 0 bridgehead atoms. The van der Waals surface area contributed by atoms with Crippen LogP contribution >= 0.6 is 38.9 Å². The highest BCUT2D eigenvalue weighted by Crippen LogP contribution is 2.36. The second-order valence-electron chi connectivity index (χ2n) is 4.54. The number of fused-ring (bicyclic) bond motifs is 1. The summed E-state index contributed by atoms with van der Waals surface area (Å²) in [6, 6.07) is 13.1. The molecule has 0 spiro atoms. The third kappa shape index (κ3) is 2.84. The van der Waals surface area contributed by atoms with Gasteiger partial charge in [0.2, 0.25) is 0 Å². The second-order valence-corrected chi connectivity index (χ2v) is 6.83. The first kappa shape index (κ1) is 15.3. The highest BCUT2D eigenvalue weighted by Gasteiger charge is 2.17. The second kappa shape index (κ2) is 6.28. The minimum Gasteiger partial charge on any atom is -0.496 e. The average molecular weight is 397 g/mol. The van der Waals surface area contributed by atoms with Crippen LogP contribution in [-0.2, 0) is 0 Å². The summed E-state index contributed by atoms with van der Waals surface area (Å²) in [6.07, 6.45) is 0. The number of anilines is 1. The molecule has 0 unspecified atom stereocenters. The predicted molar refractivity (Wildman–Crippen MR) is 95.5 cm³/mol. The molecule has 0 radical (unpaired) electrons. The molecule has 0 saturated heterocycles. The van der Waals surface area contributed by atoms with Gasteiger partial charge in [-0.15, -0.1) is 11.3 Å². The zero-order chi connectivity index (χ0) is 15.7. The Bertz CT molecular complexity index is 862. The Balaban J connectivity index is 1.90. The fourth-order valence-corrected chi connectivity index (χ4v) is 4.04. The van der Waals surface area contributed by atoms with Crippen molar-refractivity contribution in [3.05, 3.63) is 56.8 Å². The lowest BCUT2D eigenvalue weighted by molar-refractivity contribution is 0.103. The van der Waals surface area contributed by atoms with E-state index in [1.807, 2.05) is 24.3 Å². The summed E-state index contributed by atoms with van der Waals surface area (Å²) in [7, 11) is 1.59. The summed E-state index contributed by atoms with van der Waals surface area (Å²) in [4.78, 5) is 12.9. The number of hydrogen-bond donors (Lipinski definition) is 1. The fourth-order valence-electron chi connectivity index (χ4n) is 2.09. The van der Waals surface area contributed by atoms with Crippen molar-refractivity contribution in [2.45, 2.75) is 0 Å². The number of ether oxygens (including phenoxy) is 1. The number of nitrogens with one attached hydrogen (secondary N) is 1. The van der Waals surface area contributed by atoms with Crippen LogP contribution < -0.4 is 10.1 Å². The molecule has 22 heavy (non-hydrogen) atoms.